The van der Waals surface area contributed by atoms with Gasteiger partial charge in [-0.1, -0.05) is 17.7 Å². The van der Waals surface area contributed by atoms with E-state index in [1.807, 2.05) is 0 Å². The van der Waals surface area contributed by atoms with Crippen LogP contribution in [0.25, 0.3) is 11.2 Å². The molecule has 9 heteroatoms. The van der Waals surface area contributed by atoms with Crippen molar-refractivity contribution >= 4 is 34.4 Å². The lowest BCUT2D eigenvalue weighted by atomic mass is 10.3. The lowest BCUT2D eigenvalue weighted by Gasteiger charge is -2.05. The molecule has 3 rings (SSSR count). The van der Waals surface area contributed by atoms with Crippen LogP contribution < -0.4 is 16.6 Å². The van der Waals surface area contributed by atoms with E-state index in [0.29, 0.717) is 10.7 Å². The maximum absolute atomic E-state index is 12.4. The number of carbonyl (C=O) groups excluding carboxylic acids is 1. The zero-order valence-electron chi connectivity index (χ0n) is 12.3. The standard InChI is InChI=1S/C14H12ClN5O3/c1-19-9-10(20(2)14(23)18-12(9)21)17-11(19)13(22)16-8-5-3-4-7(15)6-8/h3-6H,1-2H3,(H,16,22)(H,18,21,23). The summed E-state index contributed by atoms with van der Waals surface area (Å²) in [7, 11) is 2.99. The van der Waals surface area contributed by atoms with E-state index in [2.05, 4.69) is 15.3 Å². The number of aromatic nitrogens is 4. The molecular weight excluding hydrogens is 322 g/mol. The van der Waals surface area contributed by atoms with Gasteiger partial charge in [0.1, 0.15) is 0 Å². The summed E-state index contributed by atoms with van der Waals surface area (Å²) in [6, 6.07) is 6.64. The zero-order chi connectivity index (χ0) is 16.7. The first kappa shape index (κ1) is 15.0. The van der Waals surface area contributed by atoms with E-state index >= 15 is 0 Å². The van der Waals surface area contributed by atoms with Crippen LogP contribution in [0.5, 0.6) is 0 Å². The van der Waals surface area contributed by atoms with E-state index in [4.69, 9.17) is 11.6 Å². The number of H-pyrrole nitrogens is 1. The number of rotatable bonds is 2. The Balaban J connectivity index is 2.10. The van der Waals surface area contributed by atoms with Crippen molar-refractivity contribution in [2.24, 2.45) is 14.1 Å². The molecule has 118 valence electrons. The minimum atomic E-state index is -0.597. The predicted octanol–water partition coefficient (Wildman–Crippen LogP) is 0.866. The molecule has 1 amide bonds. The third kappa shape index (κ3) is 2.53. The van der Waals surface area contributed by atoms with Crippen LogP contribution in [-0.4, -0.2) is 25.0 Å². The smallest absolute Gasteiger partial charge is 0.319 e. The lowest BCUT2D eigenvalue weighted by molar-refractivity contribution is 0.101. The van der Waals surface area contributed by atoms with Crippen molar-refractivity contribution < 1.29 is 4.79 Å². The van der Waals surface area contributed by atoms with Gasteiger partial charge in [-0.15, -0.1) is 0 Å². The fraction of sp³-hybridized carbons (Fsp3) is 0.143. The first-order chi connectivity index (χ1) is 10.9. The van der Waals surface area contributed by atoms with Crippen LogP contribution in [-0.2, 0) is 14.1 Å². The molecule has 2 N–H and O–H groups in total. The number of hydrogen-bond acceptors (Lipinski definition) is 4. The van der Waals surface area contributed by atoms with Crippen molar-refractivity contribution in [2.45, 2.75) is 0 Å². The topological polar surface area (TPSA) is 102 Å². The highest BCUT2D eigenvalue weighted by Crippen LogP contribution is 2.16. The van der Waals surface area contributed by atoms with Crippen LogP contribution in [0.1, 0.15) is 10.6 Å². The van der Waals surface area contributed by atoms with Gasteiger partial charge in [0.15, 0.2) is 11.2 Å². The molecule has 0 aliphatic carbocycles. The molecule has 0 bridgehead atoms. The van der Waals surface area contributed by atoms with Crippen LogP contribution in [0.15, 0.2) is 33.9 Å². The largest absolute Gasteiger partial charge is 0.329 e. The van der Waals surface area contributed by atoms with E-state index in [1.165, 1.54) is 23.2 Å². The summed E-state index contributed by atoms with van der Waals surface area (Å²) in [6.07, 6.45) is 0. The number of imidazole rings is 1. The van der Waals surface area contributed by atoms with Gasteiger partial charge >= 0.3 is 5.69 Å². The average molecular weight is 334 g/mol. The Hall–Kier alpha value is -2.87. The number of halogens is 1. The van der Waals surface area contributed by atoms with Crippen LogP contribution in [0.3, 0.4) is 0 Å². The monoisotopic (exact) mass is 333 g/mol. The van der Waals surface area contributed by atoms with Gasteiger partial charge in [-0.3, -0.25) is 19.1 Å². The van der Waals surface area contributed by atoms with Gasteiger partial charge in [-0.2, -0.15) is 0 Å². The molecule has 0 radical (unpaired) electrons. The molecule has 0 aliphatic heterocycles. The van der Waals surface area contributed by atoms with E-state index < -0.39 is 17.2 Å². The van der Waals surface area contributed by atoms with Crippen molar-refractivity contribution in [1.29, 1.82) is 0 Å². The van der Waals surface area contributed by atoms with Crippen molar-refractivity contribution in [1.82, 2.24) is 19.1 Å². The number of aromatic amines is 1. The van der Waals surface area contributed by atoms with Crippen LogP contribution in [0.4, 0.5) is 5.69 Å². The minimum absolute atomic E-state index is 0.00618. The molecule has 0 saturated carbocycles. The summed E-state index contributed by atoms with van der Waals surface area (Å²) in [5.41, 5.74) is -0.416. The van der Waals surface area contributed by atoms with E-state index in [9.17, 15) is 14.4 Å². The maximum atomic E-state index is 12.4. The first-order valence-corrected chi connectivity index (χ1v) is 6.99. The van der Waals surface area contributed by atoms with Crippen molar-refractivity contribution in [3.8, 4) is 0 Å². The van der Waals surface area contributed by atoms with E-state index in [1.54, 1.807) is 24.3 Å². The molecule has 23 heavy (non-hydrogen) atoms. The SMILES string of the molecule is Cn1c(C(=O)Nc2cccc(Cl)c2)nc2c1c(=O)[nH]c(=O)n2C. The van der Waals surface area contributed by atoms with Gasteiger partial charge in [-0.05, 0) is 18.2 Å². The normalized spacial score (nSPS) is 10.9. The molecular formula is C14H12ClN5O3. The molecule has 0 atom stereocenters. The second-order valence-electron chi connectivity index (χ2n) is 4.95. The molecule has 2 heterocycles. The van der Waals surface area contributed by atoms with E-state index in [0.717, 1.165) is 0 Å². The summed E-state index contributed by atoms with van der Waals surface area (Å²) in [5, 5.41) is 3.13. The molecule has 3 aromatic rings. The van der Waals surface area contributed by atoms with Gasteiger partial charge in [0.25, 0.3) is 11.5 Å². The number of fused-ring (bicyclic) bond motifs is 1. The second-order valence-corrected chi connectivity index (χ2v) is 5.39. The number of benzene rings is 1. The second kappa shape index (κ2) is 5.40. The quantitative estimate of drug-likeness (QED) is 0.726. The summed E-state index contributed by atoms with van der Waals surface area (Å²) < 4.78 is 2.51. The van der Waals surface area contributed by atoms with Gasteiger partial charge < -0.3 is 9.88 Å². The Bertz CT molecular complexity index is 1050. The zero-order valence-corrected chi connectivity index (χ0v) is 13.0. The summed E-state index contributed by atoms with van der Waals surface area (Å²) in [5.74, 6) is -0.510. The summed E-state index contributed by atoms with van der Waals surface area (Å²) >= 11 is 5.87. The van der Waals surface area contributed by atoms with Crippen molar-refractivity contribution in [2.75, 3.05) is 5.32 Å². The predicted molar refractivity (Wildman–Crippen MR) is 86.0 cm³/mol. The van der Waals surface area contributed by atoms with Crippen molar-refractivity contribution in [3.63, 3.8) is 0 Å². The van der Waals surface area contributed by atoms with Gasteiger partial charge in [0.05, 0.1) is 0 Å². The Morgan fingerprint density at radius 3 is 2.70 bits per heavy atom. The fourth-order valence-corrected chi connectivity index (χ4v) is 2.45. The molecule has 1 aromatic carbocycles. The molecule has 0 spiro atoms. The number of carbonyl (C=O) groups is 1. The molecule has 0 saturated heterocycles. The van der Waals surface area contributed by atoms with Crippen LogP contribution in [0.2, 0.25) is 5.02 Å². The van der Waals surface area contributed by atoms with Gasteiger partial charge in [-0.25, -0.2) is 9.78 Å². The van der Waals surface area contributed by atoms with Crippen molar-refractivity contribution in [3.05, 3.63) is 56.0 Å². The highest BCUT2D eigenvalue weighted by molar-refractivity contribution is 6.30. The third-order valence-electron chi connectivity index (χ3n) is 3.42. The van der Waals surface area contributed by atoms with Crippen LogP contribution >= 0.6 is 11.6 Å². The Morgan fingerprint density at radius 1 is 1.26 bits per heavy atom. The Morgan fingerprint density at radius 2 is 2.00 bits per heavy atom. The van der Waals surface area contributed by atoms with E-state index in [-0.39, 0.29) is 17.0 Å². The number of hydrogen-bond donors (Lipinski definition) is 2. The number of amides is 1. The van der Waals surface area contributed by atoms with Gasteiger partial charge in [0.2, 0.25) is 5.82 Å². The molecule has 2 aromatic heterocycles. The Labute approximate surface area is 134 Å². The molecule has 0 fully saturated rings. The minimum Gasteiger partial charge on any atom is -0.319 e. The molecule has 8 nitrogen and oxygen atoms in total. The summed E-state index contributed by atoms with van der Waals surface area (Å²) in [6.45, 7) is 0. The fourth-order valence-electron chi connectivity index (χ4n) is 2.26. The highest BCUT2D eigenvalue weighted by atomic mass is 35.5. The lowest BCUT2D eigenvalue weighted by Crippen LogP contribution is -2.29. The number of anilines is 1. The average Bonchev–Trinajstić information content (AvgIpc) is 2.83. The van der Waals surface area contributed by atoms with Crippen LogP contribution in [0, 0.1) is 0 Å². The maximum Gasteiger partial charge on any atom is 0.329 e. The third-order valence-corrected chi connectivity index (χ3v) is 3.66. The Kier molecular flexibility index (Phi) is 3.53. The van der Waals surface area contributed by atoms with Gasteiger partial charge in [0, 0.05) is 24.8 Å². The number of nitrogens with zero attached hydrogens (tertiary/aromatic N) is 3. The molecule has 0 aliphatic rings. The number of nitrogens with one attached hydrogen (secondary N) is 2. The molecule has 0 unspecified atom stereocenters. The summed E-state index contributed by atoms with van der Waals surface area (Å²) in [4.78, 5) is 42.2. The highest BCUT2D eigenvalue weighted by Gasteiger charge is 2.19. The first-order valence-electron chi connectivity index (χ1n) is 6.61. The number of aryl methyl sites for hydroxylation is 2.